The normalized spacial score (nSPS) is 33.1. The van der Waals surface area contributed by atoms with Crippen molar-refractivity contribution in [3.05, 3.63) is 0 Å². The lowest BCUT2D eigenvalue weighted by Crippen LogP contribution is -2.59. The van der Waals surface area contributed by atoms with Crippen LogP contribution >= 0.6 is 0 Å². The predicted octanol–water partition coefficient (Wildman–Crippen LogP) is 0.589. The van der Waals surface area contributed by atoms with Crippen LogP contribution in [0.3, 0.4) is 0 Å². The van der Waals surface area contributed by atoms with Gasteiger partial charge in [0.15, 0.2) is 18.3 Å². The molecule has 1 aliphatic rings. The van der Waals surface area contributed by atoms with Crippen LogP contribution in [0.25, 0.3) is 0 Å². The highest BCUT2D eigenvalue weighted by molar-refractivity contribution is 5.68. The van der Waals surface area contributed by atoms with E-state index in [0.29, 0.717) is 0 Å². The maximum atomic E-state index is 11.2. The fraction of sp³-hybridized carbons (Fsp3) is 0.769. The van der Waals surface area contributed by atoms with Crippen LogP contribution in [-0.4, -0.2) is 48.4 Å². The van der Waals surface area contributed by atoms with Gasteiger partial charge in [0, 0.05) is 20.8 Å². The minimum Gasteiger partial charge on any atom is -0.456 e. The molecule has 0 aromatic heterocycles. The van der Waals surface area contributed by atoms with E-state index < -0.39 is 48.4 Å². The molecule has 0 amide bonds. The Morgan fingerprint density at radius 1 is 0.700 bits per heavy atom. The second-order valence-corrected chi connectivity index (χ2v) is 4.77. The van der Waals surface area contributed by atoms with E-state index in [9.17, 15) is 14.4 Å². The van der Waals surface area contributed by atoms with Crippen molar-refractivity contribution < 1.29 is 33.3 Å². The first-order valence-electron chi connectivity index (χ1n) is 6.39. The number of carbonyl (C=O) groups excluding carboxylic acids is 3. The summed E-state index contributed by atoms with van der Waals surface area (Å²) in [6.45, 7) is 7.13. The van der Waals surface area contributed by atoms with E-state index in [2.05, 4.69) is 0 Å². The van der Waals surface area contributed by atoms with E-state index in [-0.39, 0.29) is 0 Å². The Balaban J connectivity index is 3.01. The van der Waals surface area contributed by atoms with Gasteiger partial charge in [-0.15, -0.1) is 0 Å². The number of hydrogen-bond donors (Lipinski definition) is 0. The molecule has 2 unspecified atom stereocenters. The van der Waals surface area contributed by atoms with Gasteiger partial charge >= 0.3 is 17.9 Å². The van der Waals surface area contributed by atoms with Gasteiger partial charge in [-0.1, -0.05) is 0 Å². The molecule has 7 heteroatoms. The third-order valence-corrected chi connectivity index (χ3v) is 2.91. The van der Waals surface area contributed by atoms with Gasteiger partial charge in [-0.3, -0.25) is 14.4 Å². The number of carbonyl (C=O) groups is 3. The van der Waals surface area contributed by atoms with Crippen LogP contribution < -0.4 is 0 Å². The average molecular weight is 288 g/mol. The molecule has 1 heterocycles. The maximum Gasteiger partial charge on any atom is 0.303 e. The van der Waals surface area contributed by atoms with Crippen LogP contribution in [0.5, 0.6) is 0 Å². The van der Waals surface area contributed by atoms with Gasteiger partial charge in [0.05, 0.1) is 12.2 Å². The summed E-state index contributed by atoms with van der Waals surface area (Å²) >= 11 is 0. The van der Waals surface area contributed by atoms with Crippen LogP contribution in [0.4, 0.5) is 0 Å². The summed E-state index contributed by atoms with van der Waals surface area (Å²) < 4.78 is 21.1. The predicted molar refractivity (Wildman–Crippen MR) is 66.7 cm³/mol. The Hall–Kier alpha value is -1.63. The van der Waals surface area contributed by atoms with Crippen molar-refractivity contribution in [2.24, 2.45) is 0 Å². The van der Waals surface area contributed by atoms with Gasteiger partial charge < -0.3 is 18.9 Å². The molecule has 0 aromatic rings. The van der Waals surface area contributed by atoms with Crippen LogP contribution in [0, 0.1) is 0 Å². The second-order valence-electron chi connectivity index (χ2n) is 4.77. The first-order chi connectivity index (χ1) is 9.22. The Morgan fingerprint density at radius 3 is 1.30 bits per heavy atom. The van der Waals surface area contributed by atoms with Crippen molar-refractivity contribution in [3.63, 3.8) is 0 Å². The molecule has 114 valence electrons. The molecule has 0 spiro atoms. The van der Waals surface area contributed by atoms with Crippen molar-refractivity contribution in [3.8, 4) is 0 Å². The largest absolute Gasteiger partial charge is 0.456 e. The van der Waals surface area contributed by atoms with E-state index in [1.54, 1.807) is 13.8 Å². The molecule has 1 rings (SSSR count). The van der Waals surface area contributed by atoms with Gasteiger partial charge in [-0.05, 0) is 13.8 Å². The van der Waals surface area contributed by atoms with Gasteiger partial charge in [-0.25, -0.2) is 0 Å². The van der Waals surface area contributed by atoms with Gasteiger partial charge in [0.25, 0.3) is 0 Å². The molecule has 20 heavy (non-hydrogen) atoms. The molecule has 0 aromatic carbocycles. The molecular weight excluding hydrogens is 268 g/mol. The molecule has 1 aliphatic heterocycles. The highest BCUT2D eigenvalue weighted by atomic mass is 16.6. The van der Waals surface area contributed by atoms with E-state index in [0.717, 1.165) is 0 Å². The SMILES string of the molecule is CC(=O)OC1C(OC(C)=O)[C@H](OC(C)=O)[C@@H](C)O[C@H]1C. The van der Waals surface area contributed by atoms with Crippen molar-refractivity contribution in [1.29, 1.82) is 0 Å². The summed E-state index contributed by atoms with van der Waals surface area (Å²) in [5, 5.41) is 0. The van der Waals surface area contributed by atoms with E-state index >= 15 is 0 Å². The molecule has 0 N–H and O–H groups in total. The molecule has 5 atom stereocenters. The summed E-state index contributed by atoms with van der Waals surface area (Å²) in [6, 6.07) is 0. The Bertz CT molecular complexity index is 364. The third kappa shape index (κ3) is 4.19. The highest BCUT2D eigenvalue weighted by Crippen LogP contribution is 2.28. The number of ether oxygens (including phenoxy) is 4. The smallest absolute Gasteiger partial charge is 0.303 e. The summed E-state index contributed by atoms with van der Waals surface area (Å²) in [5.41, 5.74) is 0. The topological polar surface area (TPSA) is 88.1 Å². The molecule has 0 aliphatic carbocycles. The molecular formula is C13H20O7. The minimum atomic E-state index is -0.890. The van der Waals surface area contributed by atoms with Crippen LogP contribution in [0.1, 0.15) is 34.6 Å². The van der Waals surface area contributed by atoms with Crippen molar-refractivity contribution >= 4 is 17.9 Å². The molecule has 0 saturated carbocycles. The van der Waals surface area contributed by atoms with Gasteiger partial charge in [0.2, 0.25) is 0 Å². The van der Waals surface area contributed by atoms with E-state index in [1.807, 2.05) is 0 Å². The average Bonchev–Trinajstić information content (AvgIpc) is 2.27. The summed E-state index contributed by atoms with van der Waals surface area (Å²) in [7, 11) is 0. The Kier molecular flexibility index (Phi) is 5.50. The van der Waals surface area contributed by atoms with Crippen molar-refractivity contribution in [2.45, 2.75) is 65.1 Å². The zero-order chi connectivity index (χ0) is 15.4. The van der Waals surface area contributed by atoms with Crippen LogP contribution in [0.15, 0.2) is 0 Å². The number of hydrogen-bond acceptors (Lipinski definition) is 7. The Labute approximate surface area is 117 Å². The Morgan fingerprint density at radius 2 is 1.00 bits per heavy atom. The molecule has 7 nitrogen and oxygen atoms in total. The zero-order valence-electron chi connectivity index (χ0n) is 12.2. The first kappa shape index (κ1) is 16.4. The first-order valence-corrected chi connectivity index (χ1v) is 6.39. The minimum absolute atomic E-state index is 0.481. The van der Waals surface area contributed by atoms with Crippen molar-refractivity contribution in [2.75, 3.05) is 0 Å². The lowest BCUT2D eigenvalue weighted by atomic mass is 9.95. The summed E-state index contributed by atoms with van der Waals surface area (Å²) in [5.74, 6) is -1.61. The number of rotatable bonds is 3. The van der Waals surface area contributed by atoms with E-state index in [4.69, 9.17) is 18.9 Å². The highest BCUT2D eigenvalue weighted by Gasteiger charge is 2.48. The monoisotopic (exact) mass is 288 g/mol. The fourth-order valence-electron chi connectivity index (χ4n) is 2.25. The fourth-order valence-corrected chi connectivity index (χ4v) is 2.25. The van der Waals surface area contributed by atoms with Crippen LogP contribution in [0.2, 0.25) is 0 Å². The summed E-state index contributed by atoms with van der Waals surface area (Å²) in [4.78, 5) is 33.6. The third-order valence-electron chi connectivity index (χ3n) is 2.91. The molecule has 0 radical (unpaired) electrons. The molecule has 0 bridgehead atoms. The molecule has 1 fully saturated rings. The van der Waals surface area contributed by atoms with E-state index in [1.165, 1.54) is 20.8 Å². The van der Waals surface area contributed by atoms with Gasteiger partial charge in [0.1, 0.15) is 0 Å². The standard InChI is InChI=1S/C13H20O7/c1-6-11(18-8(3)14)13(20-10(5)16)12(7(2)17-6)19-9(4)15/h6-7,11-13H,1-5H3/t6-,7+,11-,12?,13?/m1/s1. The summed E-state index contributed by atoms with van der Waals surface area (Å²) in [6.07, 6.45) is -3.50. The molecule has 1 saturated heterocycles. The van der Waals surface area contributed by atoms with Crippen molar-refractivity contribution in [1.82, 2.24) is 0 Å². The lowest BCUT2D eigenvalue weighted by molar-refractivity contribution is -0.240. The second kappa shape index (κ2) is 6.69. The van der Waals surface area contributed by atoms with Crippen LogP contribution in [-0.2, 0) is 33.3 Å². The quantitative estimate of drug-likeness (QED) is 0.554. The maximum absolute atomic E-state index is 11.2. The number of esters is 3. The lowest BCUT2D eigenvalue weighted by Gasteiger charge is -2.42. The zero-order valence-corrected chi connectivity index (χ0v) is 12.2. The van der Waals surface area contributed by atoms with Gasteiger partial charge in [-0.2, -0.15) is 0 Å².